The van der Waals surface area contributed by atoms with Crippen LogP contribution in [0, 0.1) is 6.92 Å². The van der Waals surface area contributed by atoms with Gasteiger partial charge in [0.25, 0.3) is 0 Å². The van der Waals surface area contributed by atoms with Gasteiger partial charge in [0.15, 0.2) is 0 Å². The van der Waals surface area contributed by atoms with Crippen LogP contribution in [0.2, 0.25) is 0 Å². The second kappa shape index (κ2) is 6.20. The number of hydrogen-bond donors (Lipinski definition) is 0. The van der Waals surface area contributed by atoms with Crippen molar-refractivity contribution in [2.24, 2.45) is 0 Å². The fourth-order valence-corrected chi connectivity index (χ4v) is 3.65. The second-order valence-electron chi connectivity index (χ2n) is 5.11. The number of halogens is 3. The number of rotatable bonds is 3. The zero-order valence-electron chi connectivity index (χ0n) is 12.6. The van der Waals surface area contributed by atoms with Gasteiger partial charge in [-0.3, -0.25) is 0 Å². The van der Waals surface area contributed by atoms with Crippen LogP contribution in [0.1, 0.15) is 18.1 Å². The molecule has 2 rings (SSSR count). The molecule has 0 saturated heterocycles. The number of sulfone groups is 1. The Bertz CT molecular complexity index is 836. The summed E-state index contributed by atoms with van der Waals surface area (Å²) < 4.78 is 65.6. The summed E-state index contributed by atoms with van der Waals surface area (Å²) >= 11 is 0. The van der Waals surface area contributed by atoms with Crippen molar-refractivity contribution in [1.29, 1.82) is 0 Å². The van der Waals surface area contributed by atoms with Crippen molar-refractivity contribution in [3.8, 4) is 0 Å². The molecule has 2 nitrogen and oxygen atoms in total. The number of hydrogen-bond acceptors (Lipinski definition) is 2. The summed E-state index contributed by atoms with van der Waals surface area (Å²) in [7, 11) is -4.22. The van der Waals surface area contributed by atoms with E-state index < -0.39 is 26.5 Å². The molecule has 0 amide bonds. The van der Waals surface area contributed by atoms with Crippen molar-refractivity contribution in [2.45, 2.75) is 24.9 Å². The Hall–Kier alpha value is -2.08. The minimum atomic E-state index is -4.78. The number of aryl methyl sites for hydroxylation is 1. The smallest absolute Gasteiger partial charge is 0.219 e. The molecule has 0 saturated carbocycles. The lowest BCUT2D eigenvalue weighted by Gasteiger charge is -2.17. The molecule has 2 aromatic carbocycles. The standard InChI is InChI=1S/C17H15F3O2S/c1-12-7-6-8-14(11-12)16(17(18,19)20)13(2)23(21,22)15-9-4-3-5-10-15/h3-11H,1-2H3/b16-13+. The molecule has 0 fully saturated rings. The minimum absolute atomic E-state index is 0.158. The molecule has 0 bridgehead atoms. The summed E-state index contributed by atoms with van der Waals surface area (Å²) in [5, 5.41) is 0. The number of benzene rings is 2. The SMILES string of the molecule is C/C(=C(/c1cccc(C)c1)C(F)(F)F)S(=O)(=O)c1ccccc1. The third kappa shape index (κ3) is 3.64. The summed E-state index contributed by atoms with van der Waals surface area (Å²) in [5.74, 6) is 0. The van der Waals surface area contributed by atoms with Crippen molar-refractivity contribution < 1.29 is 21.6 Å². The van der Waals surface area contributed by atoms with Crippen molar-refractivity contribution in [2.75, 3.05) is 0 Å². The quantitative estimate of drug-likeness (QED) is 0.807. The van der Waals surface area contributed by atoms with Gasteiger partial charge in [0.1, 0.15) is 0 Å². The topological polar surface area (TPSA) is 34.1 Å². The second-order valence-corrected chi connectivity index (χ2v) is 7.21. The Morgan fingerprint density at radius 3 is 2.09 bits per heavy atom. The molecule has 0 atom stereocenters. The van der Waals surface area contributed by atoms with Crippen LogP contribution < -0.4 is 0 Å². The molecule has 0 radical (unpaired) electrons. The van der Waals surface area contributed by atoms with Crippen LogP contribution in [-0.4, -0.2) is 14.6 Å². The van der Waals surface area contributed by atoms with E-state index >= 15 is 0 Å². The van der Waals surface area contributed by atoms with E-state index in [0.29, 0.717) is 5.56 Å². The first-order valence-electron chi connectivity index (χ1n) is 6.79. The third-order valence-electron chi connectivity index (χ3n) is 3.40. The van der Waals surface area contributed by atoms with Gasteiger partial charge in [0, 0.05) is 0 Å². The van der Waals surface area contributed by atoms with Crippen LogP contribution in [-0.2, 0) is 9.84 Å². The van der Waals surface area contributed by atoms with Gasteiger partial charge in [0.2, 0.25) is 9.84 Å². The Labute approximate surface area is 133 Å². The molecule has 0 aliphatic heterocycles. The molecule has 0 spiro atoms. The normalized spacial score (nSPS) is 13.6. The maximum Gasteiger partial charge on any atom is 0.417 e. The Morgan fingerprint density at radius 2 is 1.57 bits per heavy atom. The van der Waals surface area contributed by atoms with Crippen LogP contribution in [0.3, 0.4) is 0 Å². The highest BCUT2D eigenvalue weighted by Crippen LogP contribution is 2.39. The van der Waals surface area contributed by atoms with E-state index in [1.165, 1.54) is 42.5 Å². The predicted octanol–water partition coefficient (Wildman–Crippen LogP) is 4.76. The molecule has 0 aromatic heterocycles. The molecule has 0 heterocycles. The summed E-state index contributed by atoms with van der Waals surface area (Å²) in [5.41, 5.74) is -0.672. The van der Waals surface area contributed by atoms with Gasteiger partial charge in [-0.05, 0) is 31.5 Å². The van der Waals surface area contributed by atoms with E-state index in [4.69, 9.17) is 0 Å². The molecule has 122 valence electrons. The molecular formula is C17H15F3O2S. The van der Waals surface area contributed by atoms with E-state index in [9.17, 15) is 21.6 Å². The monoisotopic (exact) mass is 340 g/mol. The minimum Gasteiger partial charge on any atom is -0.219 e. The third-order valence-corrected chi connectivity index (χ3v) is 5.30. The van der Waals surface area contributed by atoms with Gasteiger partial charge >= 0.3 is 6.18 Å². The Kier molecular flexibility index (Phi) is 4.66. The molecule has 0 unspecified atom stereocenters. The summed E-state index contributed by atoms with van der Waals surface area (Å²) in [6.45, 7) is 2.64. The average Bonchev–Trinajstić information content (AvgIpc) is 2.47. The van der Waals surface area contributed by atoms with Crippen molar-refractivity contribution in [1.82, 2.24) is 0 Å². The predicted molar refractivity (Wildman–Crippen MR) is 83.5 cm³/mol. The number of allylic oxidation sites excluding steroid dienone is 2. The van der Waals surface area contributed by atoms with Gasteiger partial charge in [-0.25, -0.2) is 8.42 Å². The fourth-order valence-electron chi connectivity index (χ4n) is 2.28. The van der Waals surface area contributed by atoms with Crippen LogP contribution in [0.25, 0.3) is 5.57 Å². The maximum atomic E-state index is 13.5. The summed E-state index contributed by atoms with van der Waals surface area (Å²) in [6, 6.07) is 12.8. The lowest BCUT2D eigenvalue weighted by molar-refractivity contribution is -0.0691. The molecule has 6 heteroatoms. The van der Waals surface area contributed by atoms with E-state index in [1.54, 1.807) is 19.1 Å². The fraction of sp³-hybridized carbons (Fsp3) is 0.176. The van der Waals surface area contributed by atoms with Crippen LogP contribution in [0.5, 0.6) is 0 Å². The van der Waals surface area contributed by atoms with Gasteiger partial charge < -0.3 is 0 Å². The number of alkyl halides is 3. The maximum absolute atomic E-state index is 13.5. The molecule has 0 N–H and O–H groups in total. The summed E-state index contributed by atoms with van der Waals surface area (Å²) in [4.78, 5) is -0.867. The van der Waals surface area contributed by atoms with E-state index in [2.05, 4.69) is 0 Å². The lowest BCUT2D eigenvalue weighted by atomic mass is 10.0. The van der Waals surface area contributed by atoms with Crippen LogP contribution in [0.4, 0.5) is 13.2 Å². The molecular weight excluding hydrogens is 325 g/mol. The van der Waals surface area contributed by atoms with E-state index in [-0.39, 0.29) is 10.5 Å². The highest BCUT2D eigenvalue weighted by atomic mass is 32.2. The van der Waals surface area contributed by atoms with Gasteiger partial charge in [-0.2, -0.15) is 13.2 Å². The van der Waals surface area contributed by atoms with E-state index in [0.717, 1.165) is 6.92 Å². The summed E-state index contributed by atoms with van der Waals surface area (Å²) in [6.07, 6.45) is -4.78. The largest absolute Gasteiger partial charge is 0.417 e. The molecule has 0 aliphatic carbocycles. The van der Waals surface area contributed by atoms with Gasteiger partial charge in [0.05, 0.1) is 15.4 Å². The van der Waals surface area contributed by atoms with Crippen molar-refractivity contribution in [3.63, 3.8) is 0 Å². The van der Waals surface area contributed by atoms with Crippen LogP contribution >= 0.6 is 0 Å². The first-order valence-corrected chi connectivity index (χ1v) is 8.27. The average molecular weight is 340 g/mol. The highest BCUT2D eigenvalue weighted by Gasteiger charge is 2.39. The Morgan fingerprint density at radius 1 is 0.957 bits per heavy atom. The molecule has 23 heavy (non-hydrogen) atoms. The van der Waals surface area contributed by atoms with Crippen molar-refractivity contribution in [3.05, 3.63) is 70.6 Å². The van der Waals surface area contributed by atoms with Gasteiger partial charge in [-0.15, -0.1) is 0 Å². The lowest BCUT2D eigenvalue weighted by Crippen LogP contribution is -2.16. The van der Waals surface area contributed by atoms with Crippen molar-refractivity contribution >= 4 is 15.4 Å². The first-order chi connectivity index (χ1) is 10.6. The molecule has 0 aliphatic rings. The Balaban J connectivity index is 2.74. The zero-order chi connectivity index (χ0) is 17.3. The van der Waals surface area contributed by atoms with Crippen LogP contribution in [0.15, 0.2) is 64.4 Å². The van der Waals surface area contributed by atoms with E-state index in [1.807, 2.05) is 0 Å². The zero-order valence-corrected chi connectivity index (χ0v) is 13.4. The first kappa shape index (κ1) is 17.3. The highest BCUT2D eigenvalue weighted by molar-refractivity contribution is 7.95. The van der Waals surface area contributed by atoms with Gasteiger partial charge in [-0.1, -0.05) is 48.0 Å². The molecule has 2 aromatic rings.